The predicted molar refractivity (Wildman–Crippen MR) is 120 cm³/mol. The smallest absolute Gasteiger partial charge is 0.212 e. The second-order valence-electron chi connectivity index (χ2n) is 7.23. The molecule has 0 saturated carbocycles. The van der Waals surface area contributed by atoms with Crippen LogP contribution in [-0.2, 0) is 0 Å². The monoisotopic (exact) mass is 498 g/mol. The van der Waals surface area contributed by atoms with Crippen molar-refractivity contribution >= 4 is 43.2 Å². The molecule has 0 saturated heterocycles. The first kappa shape index (κ1) is 22.2. The predicted octanol–water partition coefficient (Wildman–Crippen LogP) is 5.26. The van der Waals surface area contributed by atoms with Crippen LogP contribution >= 0.6 is 31.9 Å². The summed E-state index contributed by atoms with van der Waals surface area (Å²) in [5.74, 6) is 0. The van der Waals surface area contributed by atoms with E-state index in [0.717, 1.165) is 24.2 Å². The van der Waals surface area contributed by atoms with Gasteiger partial charge in [-0.2, -0.15) is 9.13 Å². The van der Waals surface area contributed by atoms with Gasteiger partial charge in [-0.1, -0.05) is 19.3 Å². The molecule has 2 aromatic rings. The van der Waals surface area contributed by atoms with Crippen molar-refractivity contribution in [2.24, 2.45) is 0 Å². The highest BCUT2D eigenvalue weighted by Crippen LogP contribution is 2.21. The van der Waals surface area contributed by atoms with Crippen LogP contribution in [0.4, 0.5) is 11.4 Å². The van der Waals surface area contributed by atoms with Crippen LogP contribution in [-0.4, -0.2) is 0 Å². The molecule has 2 unspecified atom stereocenters. The number of pyridine rings is 2. The van der Waals surface area contributed by atoms with Crippen molar-refractivity contribution in [2.75, 3.05) is 11.5 Å². The summed E-state index contributed by atoms with van der Waals surface area (Å²) in [6, 6.07) is 7.95. The molecule has 0 aromatic carbocycles. The zero-order valence-electron chi connectivity index (χ0n) is 16.4. The summed E-state index contributed by atoms with van der Waals surface area (Å²) in [6.45, 7) is 4.20. The quantitative estimate of drug-likeness (QED) is 0.266. The van der Waals surface area contributed by atoms with Gasteiger partial charge in [0.15, 0.2) is 23.8 Å². The Hall–Kier alpha value is -1.14. The molecule has 0 amide bonds. The van der Waals surface area contributed by atoms with Crippen LogP contribution in [0.3, 0.4) is 0 Å². The lowest BCUT2D eigenvalue weighted by atomic mass is 10.1. The van der Waals surface area contributed by atoms with Gasteiger partial charge in [0, 0.05) is 62.3 Å². The average molecular weight is 500 g/mol. The fourth-order valence-electron chi connectivity index (χ4n) is 3.36. The second-order valence-corrected chi connectivity index (χ2v) is 9.35. The Morgan fingerprint density at radius 2 is 1.11 bits per heavy atom. The number of unbranched alkanes of at least 4 members (excludes halogenated alkanes) is 4. The van der Waals surface area contributed by atoms with Gasteiger partial charge in [-0.05, 0) is 44.7 Å². The lowest BCUT2D eigenvalue weighted by molar-refractivity contribution is -0.704. The van der Waals surface area contributed by atoms with Gasteiger partial charge in [0.2, 0.25) is 9.90 Å². The van der Waals surface area contributed by atoms with Gasteiger partial charge in [0.05, 0.1) is 0 Å². The van der Waals surface area contributed by atoms with Gasteiger partial charge in [-0.25, -0.2) is 0 Å². The van der Waals surface area contributed by atoms with Crippen LogP contribution in [0.15, 0.2) is 36.7 Å². The zero-order chi connectivity index (χ0) is 19.8. The van der Waals surface area contributed by atoms with E-state index in [1.165, 1.54) is 43.5 Å². The summed E-state index contributed by atoms with van der Waals surface area (Å²) in [7, 11) is 0. The minimum Gasteiger partial charge on any atom is -0.398 e. The van der Waals surface area contributed by atoms with Crippen molar-refractivity contribution in [3.8, 4) is 0 Å². The number of nitrogen functional groups attached to an aromatic ring is 2. The Labute approximate surface area is 180 Å². The number of rotatable bonds is 10. The van der Waals surface area contributed by atoms with E-state index in [1.807, 2.05) is 24.3 Å². The molecule has 2 aromatic heterocycles. The number of halogens is 2. The lowest BCUT2D eigenvalue weighted by Gasteiger charge is -2.09. The maximum atomic E-state index is 5.83. The van der Waals surface area contributed by atoms with E-state index in [-0.39, 0.29) is 0 Å². The standard InChI is InChI=1S/C21H30Br2N4/c1-16-14-18(24)10-12-26(16)20(22)8-6-4-3-5-7-9-21(23)27-13-11-19(25)15-17(27)2/h10-15,20-21,24-25H,3-9H2,1-2H3/p+2. The lowest BCUT2D eigenvalue weighted by Crippen LogP contribution is -2.39. The van der Waals surface area contributed by atoms with Crippen LogP contribution in [0.2, 0.25) is 0 Å². The van der Waals surface area contributed by atoms with Crippen molar-refractivity contribution < 1.29 is 9.13 Å². The highest BCUT2D eigenvalue weighted by atomic mass is 79.9. The first-order chi connectivity index (χ1) is 12.9. The molecule has 0 fully saturated rings. The Balaban J connectivity index is 1.61. The number of nitrogens with two attached hydrogens (primary N) is 2. The van der Waals surface area contributed by atoms with E-state index in [1.54, 1.807) is 0 Å². The molecule has 0 aliphatic rings. The number of alkyl halides is 2. The Morgan fingerprint density at radius 3 is 1.48 bits per heavy atom. The van der Waals surface area contributed by atoms with Gasteiger partial charge in [0.25, 0.3) is 0 Å². The summed E-state index contributed by atoms with van der Waals surface area (Å²) in [5, 5.41) is 0. The molecule has 148 valence electrons. The molecule has 2 rings (SSSR count). The maximum absolute atomic E-state index is 5.83. The number of anilines is 2. The van der Waals surface area contributed by atoms with Crippen LogP contribution in [0.25, 0.3) is 0 Å². The number of hydrogen-bond acceptors (Lipinski definition) is 2. The van der Waals surface area contributed by atoms with Crippen molar-refractivity contribution in [1.82, 2.24) is 0 Å². The third kappa shape index (κ3) is 7.07. The van der Waals surface area contributed by atoms with Crippen LogP contribution in [0.1, 0.15) is 66.2 Å². The largest absolute Gasteiger partial charge is 0.398 e. The normalized spacial score (nSPS) is 13.5. The molecular formula is C21H32Br2N4+2. The molecule has 0 radical (unpaired) electrons. The molecule has 6 heteroatoms. The van der Waals surface area contributed by atoms with Gasteiger partial charge in [-0.15, -0.1) is 0 Å². The average Bonchev–Trinajstić information content (AvgIpc) is 2.60. The van der Waals surface area contributed by atoms with E-state index in [2.05, 4.69) is 67.2 Å². The minimum atomic E-state index is 0.343. The van der Waals surface area contributed by atoms with Gasteiger partial charge < -0.3 is 11.5 Å². The molecule has 0 aliphatic heterocycles. The van der Waals surface area contributed by atoms with Gasteiger partial charge in [-0.3, -0.25) is 0 Å². The first-order valence-corrected chi connectivity index (χ1v) is 11.5. The number of hydrogen-bond donors (Lipinski definition) is 2. The zero-order valence-corrected chi connectivity index (χ0v) is 19.5. The van der Waals surface area contributed by atoms with Crippen LogP contribution in [0, 0.1) is 13.8 Å². The van der Waals surface area contributed by atoms with Gasteiger partial charge >= 0.3 is 0 Å². The summed E-state index contributed by atoms with van der Waals surface area (Å²) >= 11 is 7.61. The molecular weight excluding hydrogens is 468 g/mol. The van der Waals surface area contributed by atoms with Crippen molar-refractivity contribution in [1.29, 1.82) is 0 Å². The van der Waals surface area contributed by atoms with E-state index in [0.29, 0.717) is 9.90 Å². The fraction of sp³-hybridized carbons (Fsp3) is 0.524. The van der Waals surface area contributed by atoms with Crippen LogP contribution in [0.5, 0.6) is 0 Å². The summed E-state index contributed by atoms with van der Waals surface area (Å²) < 4.78 is 4.50. The van der Waals surface area contributed by atoms with Crippen molar-refractivity contribution in [2.45, 2.75) is 68.7 Å². The van der Waals surface area contributed by atoms with E-state index < -0.39 is 0 Å². The highest BCUT2D eigenvalue weighted by molar-refractivity contribution is 9.09. The Bertz CT molecular complexity index is 675. The Kier molecular flexibility index (Phi) is 9.03. The molecule has 0 bridgehead atoms. The Morgan fingerprint density at radius 1 is 0.741 bits per heavy atom. The fourth-order valence-corrected chi connectivity index (χ4v) is 4.92. The summed E-state index contributed by atoms with van der Waals surface area (Å²) in [5.41, 5.74) is 15.7. The molecule has 2 heterocycles. The number of aryl methyl sites for hydroxylation is 2. The first-order valence-electron chi connectivity index (χ1n) is 9.71. The topological polar surface area (TPSA) is 59.8 Å². The maximum Gasteiger partial charge on any atom is 0.212 e. The molecule has 4 N–H and O–H groups in total. The second kappa shape index (κ2) is 11.0. The third-order valence-electron chi connectivity index (χ3n) is 4.91. The number of aromatic nitrogens is 2. The molecule has 2 atom stereocenters. The van der Waals surface area contributed by atoms with Crippen molar-refractivity contribution in [3.63, 3.8) is 0 Å². The highest BCUT2D eigenvalue weighted by Gasteiger charge is 2.18. The van der Waals surface area contributed by atoms with E-state index in [4.69, 9.17) is 11.5 Å². The van der Waals surface area contributed by atoms with E-state index in [9.17, 15) is 0 Å². The van der Waals surface area contributed by atoms with Gasteiger partial charge in [0.1, 0.15) is 0 Å². The van der Waals surface area contributed by atoms with Crippen molar-refractivity contribution in [3.05, 3.63) is 48.0 Å². The molecule has 0 aliphatic carbocycles. The minimum absolute atomic E-state index is 0.343. The summed E-state index contributed by atoms with van der Waals surface area (Å²) in [4.78, 5) is 0.685. The van der Waals surface area contributed by atoms with E-state index >= 15 is 0 Å². The molecule has 0 spiro atoms. The third-order valence-corrected chi connectivity index (χ3v) is 6.71. The molecule has 4 nitrogen and oxygen atoms in total. The number of nitrogens with zero attached hydrogens (tertiary/aromatic N) is 2. The van der Waals surface area contributed by atoms with Crippen LogP contribution < -0.4 is 20.6 Å². The SMILES string of the molecule is Cc1cc(N)cc[n+]1C(Br)CCCCCCCC(Br)[n+]1ccc(N)cc1C. The summed E-state index contributed by atoms with van der Waals surface area (Å²) in [6.07, 6.45) is 12.7. The molecule has 27 heavy (non-hydrogen) atoms.